The molecule has 7 heteroatoms. The van der Waals surface area contributed by atoms with Crippen molar-refractivity contribution in [3.63, 3.8) is 0 Å². The highest BCUT2D eigenvalue weighted by Crippen LogP contribution is 2.29. The van der Waals surface area contributed by atoms with Crippen molar-refractivity contribution < 1.29 is 14.7 Å². The molecule has 1 unspecified atom stereocenters. The van der Waals surface area contributed by atoms with Crippen LogP contribution < -0.4 is 16.4 Å². The summed E-state index contributed by atoms with van der Waals surface area (Å²) in [5.74, 6) is -0.603. The van der Waals surface area contributed by atoms with Gasteiger partial charge in [0, 0.05) is 23.5 Å². The van der Waals surface area contributed by atoms with Crippen molar-refractivity contribution in [2.24, 2.45) is 0 Å². The number of nitrogens with zero attached hydrogens (tertiary/aromatic N) is 1. The number of nitrogen functional groups attached to an aromatic ring is 1. The molecule has 0 spiro atoms. The molecule has 3 rings (SSSR count). The molecule has 1 aromatic heterocycles. The van der Waals surface area contributed by atoms with E-state index >= 15 is 0 Å². The molecular formula is C26H30N4O3. The minimum Gasteiger partial charge on any atom is -0.383 e. The number of aryl methyl sites for hydroxylation is 2. The van der Waals surface area contributed by atoms with E-state index in [1.165, 1.54) is 0 Å². The van der Waals surface area contributed by atoms with Gasteiger partial charge in [-0.15, -0.1) is 0 Å². The van der Waals surface area contributed by atoms with Crippen LogP contribution in [0.15, 0.2) is 54.7 Å². The van der Waals surface area contributed by atoms with Crippen molar-refractivity contribution >= 4 is 23.3 Å². The molecule has 0 saturated carbocycles. The van der Waals surface area contributed by atoms with E-state index in [4.69, 9.17) is 5.73 Å². The molecule has 1 heterocycles. The Morgan fingerprint density at radius 3 is 2.52 bits per heavy atom. The summed E-state index contributed by atoms with van der Waals surface area (Å²) in [6.45, 7) is 7.61. The zero-order chi connectivity index (χ0) is 24.1. The zero-order valence-electron chi connectivity index (χ0n) is 19.3. The Bertz CT molecular complexity index is 1170. The van der Waals surface area contributed by atoms with Crippen LogP contribution >= 0.6 is 0 Å². The average molecular weight is 447 g/mol. The number of hydrogen-bond acceptors (Lipinski definition) is 5. The number of aliphatic hydroxyl groups excluding tert-OH is 1. The van der Waals surface area contributed by atoms with Crippen molar-refractivity contribution in [3.05, 3.63) is 77.0 Å². The van der Waals surface area contributed by atoms with Crippen LogP contribution in [0.2, 0.25) is 0 Å². The monoisotopic (exact) mass is 446 g/mol. The molecule has 0 bridgehead atoms. The lowest BCUT2D eigenvalue weighted by molar-refractivity contribution is -0.124. The van der Waals surface area contributed by atoms with Crippen molar-refractivity contribution in [2.75, 3.05) is 11.1 Å². The van der Waals surface area contributed by atoms with E-state index in [9.17, 15) is 14.7 Å². The van der Waals surface area contributed by atoms with Gasteiger partial charge in [0.25, 0.3) is 11.8 Å². The molecule has 5 N–H and O–H groups in total. The number of aliphatic hydroxyl groups is 1. The Balaban J connectivity index is 1.87. The van der Waals surface area contributed by atoms with Crippen molar-refractivity contribution in [2.45, 2.75) is 46.3 Å². The maximum Gasteiger partial charge on any atom is 0.257 e. The molecule has 3 aromatic rings. The SMILES string of the molecule is CCc1cc(NC(=O)C(O)c2ccccc2C)ccc1-c1cnc(N)c(C(=O)NC(C)C)c1. The normalized spacial score (nSPS) is 11.8. The summed E-state index contributed by atoms with van der Waals surface area (Å²) in [5, 5.41) is 16.1. The van der Waals surface area contributed by atoms with Crippen LogP contribution in [0.5, 0.6) is 0 Å². The predicted octanol–water partition coefficient (Wildman–Crippen LogP) is 4.01. The van der Waals surface area contributed by atoms with Gasteiger partial charge >= 0.3 is 0 Å². The number of aromatic nitrogens is 1. The number of rotatable bonds is 7. The number of pyridine rings is 1. The Kier molecular flexibility index (Phi) is 7.45. The summed E-state index contributed by atoms with van der Waals surface area (Å²) in [6, 6.07) is 14.4. The molecule has 2 aromatic carbocycles. The second kappa shape index (κ2) is 10.3. The Morgan fingerprint density at radius 1 is 1.12 bits per heavy atom. The Morgan fingerprint density at radius 2 is 1.85 bits per heavy atom. The van der Waals surface area contributed by atoms with E-state index in [1.807, 2.05) is 52.0 Å². The summed E-state index contributed by atoms with van der Waals surface area (Å²) < 4.78 is 0. The van der Waals surface area contributed by atoms with Gasteiger partial charge < -0.3 is 21.5 Å². The van der Waals surface area contributed by atoms with Crippen molar-refractivity contribution in [1.29, 1.82) is 0 Å². The maximum atomic E-state index is 12.6. The molecule has 0 aliphatic heterocycles. The summed E-state index contributed by atoms with van der Waals surface area (Å²) in [7, 11) is 0. The van der Waals surface area contributed by atoms with Gasteiger partial charge in [0.15, 0.2) is 6.10 Å². The molecular weight excluding hydrogens is 416 g/mol. The number of carbonyl (C=O) groups excluding carboxylic acids is 2. The van der Waals surface area contributed by atoms with Gasteiger partial charge in [-0.3, -0.25) is 9.59 Å². The topological polar surface area (TPSA) is 117 Å². The van der Waals surface area contributed by atoms with Gasteiger partial charge in [0.2, 0.25) is 0 Å². The number of hydrogen-bond donors (Lipinski definition) is 4. The smallest absolute Gasteiger partial charge is 0.257 e. The lowest BCUT2D eigenvalue weighted by Gasteiger charge is -2.16. The van der Waals surface area contributed by atoms with Gasteiger partial charge in [-0.05, 0) is 67.6 Å². The predicted molar refractivity (Wildman–Crippen MR) is 131 cm³/mol. The zero-order valence-corrected chi connectivity index (χ0v) is 19.3. The highest BCUT2D eigenvalue weighted by molar-refractivity contribution is 6.00. The van der Waals surface area contributed by atoms with E-state index < -0.39 is 12.0 Å². The molecule has 0 aliphatic rings. The average Bonchev–Trinajstić information content (AvgIpc) is 2.78. The minimum atomic E-state index is -1.26. The van der Waals surface area contributed by atoms with E-state index in [2.05, 4.69) is 15.6 Å². The van der Waals surface area contributed by atoms with Gasteiger partial charge in [-0.1, -0.05) is 37.3 Å². The quantitative estimate of drug-likeness (QED) is 0.437. The van der Waals surface area contributed by atoms with Crippen LogP contribution in [-0.2, 0) is 11.2 Å². The molecule has 7 nitrogen and oxygen atoms in total. The largest absolute Gasteiger partial charge is 0.383 e. The summed E-state index contributed by atoms with van der Waals surface area (Å²) in [6.07, 6.45) is 1.06. The summed E-state index contributed by atoms with van der Waals surface area (Å²) in [5.41, 5.74) is 10.9. The third kappa shape index (κ3) is 5.56. The van der Waals surface area contributed by atoms with Crippen LogP contribution in [-0.4, -0.2) is 27.9 Å². The molecule has 0 aliphatic carbocycles. The Hall–Kier alpha value is -3.71. The Labute approximate surface area is 194 Å². The lowest BCUT2D eigenvalue weighted by Crippen LogP contribution is -2.30. The van der Waals surface area contributed by atoms with E-state index in [-0.39, 0.29) is 17.8 Å². The third-order valence-corrected chi connectivity index (χ3v) is 5.38. The van der Waals surface area contributed by atoms with Crippen molar-refractivity contribution in [1.82, 2.24) is 10.3 Å². The number of nitrogens with one attached hydrogen (secondary N) is 2. The second-order valence-corrected chi connectivity index (χ2v) is 8.26. The molecule has 33 heavy (non-hydrogen) atoms. The van der Waals surface area contributed by atoms with Crippen LogP contribution in [0.25, 0.3) is 11.1 Å². The van der Waals surface area contributed by atoms with Crippen LogP contribution in [0, 0.1) is 6.92 Å². The molecule has 0 radical (unpaired) electrons. The first-order valence-electron chi connectivity index (χ1n) is 10.9. The number of nitrogens with two attached hydrogens (primary N) is 1. The number of carbonyl (C=O) groups is 2. The van der Waals surface area contributed by atoms with Gasteiger partial charge in [0.05, 0.1) is 5.56 Å². The van der Waals surface area contributed by atoms with E-state index in [0.29, 0.717) is 23.2 Å². The fraction of sp³-hybridized carbons (Fsp3) is 0.269. The van der Waals surface area contributed by atoms with Crippen LogP contribution in [0.4, 0.5) is 11.5 Å². The van der Waals surface area contributed by atoms with E-state index in [1.54, 1.807) is 30.5 Å². The van der Waals surface area contributed by atoms with Gasteiger partial charge in [-0.2, -0.15) is 0 Å². The lowest BCUT2D eigenvalue weighted by atomic mass is 9.97. The highest BCUT2D eigenvalue weighted by atomic mass is 16.3. The fourth-order valence-corrected chi connectivity index (χ4v) is 3.64. The standard InChI is InChI=1S/C26H30N4O3/c1-5-17-12-19(30-26(33)23(31)20-9-7-6-8-16(20)4)10-11-21(17)18-13-22(24(27)28-14-18)25(32)29-15(2)3/h6-15,23,31H,5H2,1-4H3,(H2,27,28)(H,29,32)(H,30,33). The van der Waals surface area contributed by atoms with Crippen LogP contribution in [0.1, 0.15) is 53.9 Å². The van der Waals surface area contributed by atoms with Crippen LogP contribution in [0.3, 0.4) is 0 Å². The maximum absolute atomic E-state index is 12.6. The molecule has 2 amide bonds. The molecule has 0 saturated heterocycles. The molecule has 1 atom stereocenters. The first kappa shape index (κ1) is 23.9. The molecule has 172 valence electrons. The third-order valence-electron chi connectivity index (χ3n) is 5.38. The second-order valence-electron chi connectivity index (χ2n) is 8.26. The fourth-order valence-electron chi connectivity index (χ4n) is 3.64. The van der Waals surface area contributed by atoms with E-state index in [0.717, 1.165) is 22.3 Å². The van der Waals surface area contributed by atoms with Gasteiger partial charge in [-0.25, -0.2) is 4.98 Å². The first-order chi connectivity index (χ1) is 15.7. The minimum absolute atomic E-state index is 0.0234. The molecule has 0 fully saturated rings. The highest BCUT2D eigenvalue weighted by Gasteiger charge is 2.20. The first-order valence-corrected chi connectivity index (χ1v) is 10.9. The van der Waals surface area contributed by atoms with Crippen molar-refractivity contribution in [3.8, 4) is 11.1 Å². The number of amides is 2. The summed E-state index contributed by atoms with van der Waals surface area (Å²) >= 11 is 0. The number of benzene rings is 2. The number of anilines is 2. The van der Waals surface area contributed by atoms with Gasteiger partial charge in [0.1, 0.15) is 5.82 Å². The summed E-state index contributed by atoms with van der Waals surface area (Å²) in [4.78, 5) is 29.3.